The third-order valence-corrected chi connectivity index (χ3v) is 5.78. The van der Waals surface area contributed by atoms with Crippen LogP contribution in [0.1, 0.15) is 11.1 Å². The first-order valence-corrected chi connectivity index (χ1v) is 10.1. The number of nitrogens with zero attached hydrogens (tertiary/aromatic N) is 5. The second-order valence-corrected chi connectivity index (χ2v) is 7.67. The van der Waals surface area contributed by atoms with Gasteiger partial charge in [0.2, 0.25) is 5.91 Å². The lowest BCUT2D eigenvalue weighted by atomic mass is 10.0. The van der Waals surface area contributed by atoms with E-state index in [1.165, 1.54) is 7.05 Å². The summed E-state index contributed by atoms with van der Waals surface area (Å²) in [6.07, 6.45) is 0. The summed E-state index contributed by atoms with van der Waals surface area (Å²) < 4.78 is 5.68. The van der Waals surface area contributed by atoms with Crippen LogP contribution in [-0.4, -0.2) is 21.9 Å². The normalized spacial score (nSPS) is 10.4. The predicted molar refractivity (Wildman–Crippen MR) is 110 cm³/mol. The van der Waals surface area contributed by atoms with Crippen molar-refractivity contribution in [1.82, 2.24) is 10.3 Å². The van der Waals surface area contributed by atoms with Crippen LogP contribution in [0, 0.1) is 22.7 Å². The van der Waals surface area contributed by atoms with Crippen molar-refractivity contribution < 1.29 is 19.1 Å². The molecule has 0 aliphatic heterocycles. The number of pyridine rings is 1. The van der Waals surface area contributed by atoms with Gasteiger partial charge in [0.1, 0.15) is 28.5 Å². The third kappa shape index (κ3) is 4.34. The lowest BCUT2D eigenvalue weighted by molar-refractivity contribution is -0.730. The van der Waals surface area contributed by atoms with E-state index in [0.717, 1.165) is 16.4 Å². The lowest BCUT2D eigenvalue weighted by Crippen LogP contribution is -2.32. The number of nitrogens with one attached hydrogen (secondary N) is 1. The molecule has 1 amide bonds. The van der Waals surface area contributed by atoms with Crippen LogP contribution in [0.15, 0.2) is 27.7 Å². The van der Waals surface area contributed by atoms with Gasteiger partial charge in [-0.15, -0.1) is 0 Å². The monoisotopic (exact) mass is 475 g/mol. The number of carbonyl (C=O) groups excluding carboxylic acids is 1. The smallest absolute Gasteiger partial charge is 0.266 e. The maximum Gasteiger partial charge on any atom is 0.266 e. The molecule has 3 aromatic rings. The molecule has 31 heavy (non-hydrogen) atoms. The molecule has 0 atom stereocenters. The number of hydrogen-bond donors (Lipinski definition) is 2. The van der Waals surface area contributed by atoms with Gasteiger partial charge in [0.15, 0.2) is 13.0 Å². The van der Waals surface area contributed by atoms with Gasteiger partial charge < -0.3 is 20.7 Å². The van der Waals surface area contributed by atoms with Crippen molar-refractivity contribution in [1.29, 1.82) is 10.5 Å². The Morgan fingerprint density at radius 3 is 2.68 bits per heavy atom. The number of benzene rings is 1. The third-order valence-electron chi connectivity index (χ3n) is 3.98. The molecular formula is C18H11Cl2N7O3S. The number of rotatable bonds is 5. The minimum Gasteiger partial charge on any atom is -0.539 e. The van der Waals surface area contributed by atoms with Crippen molar-refractivity contribution in [3.05, 3.63) is 39.4 Å². The van der Waals surface area contributed by atoms with E-state index in [0.29, 0.717) is 5.69 Å². The Bertz CT molecular complexity index is 1260. The fraction of sp³-hybridized carbons (Fsp3) is 0.111. The largest absolute Gasteiger partial charge is 0.539 e. The molecule has 0 aliphatic rings. The van der Waals surface area contributed by atoms with E-state index in [-0.39, 0.29) is 49.0 Å². The number of nitriles is 2. The van der Waals surface area contributed by atoms with Crippen LogP contribution in [0.25, 0.3) is 11.3 Å². The minimum atomic E-state index is -0.856. The van der Waals surface area contributed by atoms with Gasteiger partial charge >= 0.3 is 0 Å². The van der Waals surface area contributed by atoms with Crippen molar-refractivity contribution in [3.8, 4) is 29.3 Å². The highest BCUT2D eigenvalue weighted by molar-refractivity contribution is 8.00. The summed E-state index contributed by atoms with van der Waals surface area (Å²) in [6.45, 7) is 0. The van der Waals surface area contributed by atoms with Crippen LogP contribution in [0.4, 0.5) is 11.5 Å². The molecule has 1 aromatic carbocycles. The first-order valence-electron chi connectivity index (χ1n) is 8.32. The van der Waals surface area contributed by atoms with Crippen molar-refractivity contribution in [2.45, 2.75) is 5.03 Å². The summed E-state index contributed by atoms with van der Waals surface area (Å²) in [5, 5.41) is 37.9. The summed E-state index contributed by atoms with van der Waals surface area (Å²) in [4.78, 5) is 16.4. The Hall–Kier alpha value is -3.51. The van der Waals surface area contributed by atoms with E-state index in [1.807, 2.05) is 12.1 Å². The molecule has 0 bridgehead atoms. The van der Waals surface area contributed by atoms with Gasteiger partial charge in [0.25, 0.3) is 5.69 Å². The highest BCUT2D eigenvalue weighted by Gasteiger charge is 2.29. The molecule has 0 fully saturated rings. The number of carbonyl (C=O) groups is 1. The number of anilines is 2. The quantitative estimate of drug-likeness (QED) is 0.413. The number of thioether (sulfide) groups is 1. The van der Waals surface area contributed by atoms with Crippen molar-refractivity contribution in [2.24, 2.45) is 7.05 Å². The SMILES string of the molecule is C[n+]1noc([O-])c1-c1c(C#N)c(N)nc(SCC(=O)Nc2cccc(Cl)c2Cl)c1C#N. The van der Waals surface area contributed by atoms with Gasteiger partial charge in [-0.3, -0.25) is 4.79 Å². The highest BCUT2D eigenvalue weighted by Crippen LogP contribution is 2.37. The Balaban J connectivity index is 1.96. The number of aromatic nitrogens is 3. The lowest BCUT2D eigenvalue weighted by Gasteiger charge is -2.11. The molecule has 0 aliphatic carbocycles. The van der Waals surface area contributed by atoms with E-state index < -0.39 is 11.9 Å². The van der Waals surface area contributed by atoms with Gasteiger partial charge in [-0.1, -0.05) is 45.7 Å². The van der Waals surface area contributed by atoms with Gasteiger partial charge in [-0.05, 0) is 12.1 Å². The van der Waals surface area contributed by atoms with E-state index >= 15 is 0 Å². The zero-order valence-electron chi connectivity index (χ0n) is 15.6. The predicted octanol–water partition coefficient (Wildman–Crippen LogP) is 2.00. The number of amides is 1. The van der Waals surface area contributed by atoms with Crippen LogP contribution in [-0.2, 0) is 11.8 Å². The molecule has 0 saturated heterocycles. The Kier molecular flexibility index (Phi) is 6.51. The summed E-state index contributed by atoms with van der Waals surface area (Å²) in [6, 6.07) is 8.54. The van der Waals surface area contributed by atoms with Crippen molar-refractivity contribution in [3.63, 3.8) is 0 Å². The Morgan fingerprint density at radius 2 is 2.06 bits per heavy atom. The maximum atomic E-state index is 12.4. The second kappa shape index (κ2) is 9.10. The standard InChI is InChI=1S/C18H11Cl2N7O3S/c1-27-15(18(29)30-26-27)13-8(5-21)16(23)25-17(9(13)6-22)31-7-12(28)24-11-4-2-3-10(19)14(11)20/h2-4H,7H2,1H3,(H3-,23,24,25,26,28,29). The highest BCUT2D eigenvalue weighted by atomic mass is 35.5. The van der Waals surface area contributed by atoms with Gasteiger partial charge in [-0.25, -0.2) is 4.98 Å². The Labute approximate surface area is 189 Å². The average Bonchev–Trinajstić information content (AvgIpc) is 3.07. The van der Waals surface area contributed by atoms with E-state index in [1.54, 1.807) is 18.2 Å². The van der Waals surface area contributed by atoms with Crippen molar-refractivity contribution in [2.75, 3.05) is 16.8 Å². The zero-order valence-corrected chi connectivity index (χ0v) is 18.0. The summed E-state index contributed by atoms with van der Waals surface area (Å²) in [5.41, 5.74) is 5.71. The van der Waals surface area contributed by atoms with Crippen LogP contribution in [0.3, 0.4) is 0 Å². The Morgan fingerprint density at radius 1 is 1.35 bits per heavy atom. The number of halogens is 2. The molecule has 156 valence electrons. The molecular weight excluding hydrogens is 465 g/mol. The molecule has 0 radical (unpaired) electrons. The summed E-state index contributed by atoms with van der Waals surface area (Å²) in [5.74, 6) is -1.69. The number of aryl methyl sites for hydroxylation is 1. The van der Waals surface area contributed by atoms with Gasteiger partial charge in [0, 0.05) is 0 Å². The number of nitrogen functional groups attached to an aromatic ring is 1. The second-order valence-electron chi connectivity index (χ2n) is 5.92. The molecule has 0 saturated carbocycles. The summed E-state index contributed by atoms with van der Waals surface area (Å²) >= 11 is 12.9. The molecule has 13 heteroatoms. The van der Waals surface area contributed by atoms with E-state index in [2.05, 4.69) is 20.1 Å². The molecule has 3 N–H and O–H groups in total. The van der Waals surface area contributed by atoms with Crippen LogP contribution in [0.5, 0.6) is 5.95 Å². The molecule has 0 unspecified atom stereocenters. The van der Waals surface area contributed by atoms with E-state index in [9.17, 15) is 20.4 Å². The van der Waals surface area contributed by atoms with E-state index in [4.69, 9.17) is 28.9 Å². The fourth-order valence-corrected chi connectivity index (χ4v) is 3.78. The topological polar surface area (TPSA) is 169 Å². The van der Waals surface area contributed by atoms with Gasteiger partial charge in [0.05, 0.1) is 37.9 Å². The van der Waals surface area contributed by atoms with Crippen LogP contribution >= 0.6 is 35.0 Å². The average molecular weight is 476 g/mol. The van der Waals surface area contributed by atoms with Crippen LogP contribution < -0.4 is 20.8 Å². The first-order chi connectivity index (χ1) is 14.8. The number of nitrogens with two attached hydrogens (primary N) is 1. The summed E-state index contributed by atoms with van der Waals surface area (Å²) in [7, 11) is 1.41. The molecule has 2 aromatic heterocycles. The zero-order chi connectivity index (χ0) is 22.7. The molecule has 10 nitrogen and oxygen atoms in total. The molecule has 2 heterocycles. The van der Waals surface area contributed by atoms with Crippen LogP contribution in [0.2, 0.25) is 10.0 Å². The molecule has 3 rings (SSSR count). The van der Waals surface area contributed by atoms with Gasteiger partial charge in [-0.2, -0.15) is 10.5 Å². The molecule has 0 spiro atoms. The maximum absolute atomic E-state index is 12.4. The number of hydrogen-bond acceptors (Lipinski definition) is 9. The first kappa shape index (κ1) is 22.2. The minimum absolute atomic E-state index is 0.0574. The fourth-order valence-electron chi connectivity index (χ4n) is 2.64. The van der Waals surface area contributed by atoms with Crippen molar-refractivity contribution >= 4 is 52.4 Å².